The zero-order chi connectivity index (χ0) is 20.8. The highest BCUT2D eigenvalue weighted by atomic mass is 16.5. The Bertz CT molecular complexity index is 1000. The summed E-state index contributed by atoms with van der Waals surface area (Å²) in [6.45, 7) is 2.47. The number of carbonyl (C=O) groups is 1. The van der Waals surface area contributed by atoms with E-state index in [1.807, 2.05) is 49.4 Å². The first kappa shape index (κ1) is 20.2. The lowest BCUT2D eigenvalue weighted by Crippen LogP contribution is -2.27. The number of amides is 1. The summed E-state index contributed by atoms with van der Waals surface area (Å²) in [7, 11) is 3.18. The van der Waals surface area contributed by atoms with Crippen molar-refractivity contribution < 1.29 is 14.3 Å². The van der Waals surface area contributed by atoms with Crippen LogP contribution in [0.15, 0.2) is 42.5 Å². The standard InChI is InChI=1S/C21H25N5O3/c1-4-15-7-5-6-8-16(15)26-20(22)19(24-25-26)21(27)23-12-11-14-9-10-17(28-2)18(13-14)29-3/h5-10,13H,4,11-12,22H2,1-3H3,(H,23,27). The minimum absolute atomic E-state index is 0.114. The lowest BCUT2D eigenvalue weighted by molar-refractivity contribution is 0.0950. The lowest BCUT2D eigenvalue weighted by atomic mass is 10.1. The van der Waals surface area contributed by atoms with Gasteiger partial charge in [-0.05, 0) is 42.2 Å². The fourth-order valence-electron chi connectivity index (χ4n) is 3.09. The van der Waals surface area contributed by atoms with E-state index in [0.29, 0.717) is 24.5 Å². The molecule has 8 nitrogen and oxygen atoms in total. The maximum atomic E-state index is 12.5. The molecule has 29 heavy (non-hydrogen) atoms. The second-order valence-corrected chi connectivity index (χ2v) is 6.41. The first-order valence-electron chi connectivity index (χ1n) is 9.37. The second-order valence-electron chi connectivity index (χ2n) is 6.41. The SMILES string of the molecule is CCc1ccccc1-n1nnc(C(=O)NCCc2ccc(OC)c(OC)c2)c1N. The van der Waals surface area contributed by atoms with Gasteiger partial charge in [0.1, 0.15) is 0 Å². The molecule has 2 aromatic carbocycles. The molecule has 0 aliphatic carbocycles. The van der Waals surface area contributed by atoms with Gasteiger partial charge in [0.15, 0.2) is 23.0 Å². The van der Waals surface area contributed by atoms with Crippen molar-refractivity contribution in [3.8, 4) is 17.2 Å². The van der Waals surface area contributed by atoms with E-state index in [2.05, 4.69) is 15.6 Å². The third kappa shape index (κ3) is 4.31. The topological polar surface area (TPSA) is 104 Å². The van der Waals surface area contributed by atoms with Crippen LogP contribution < -0.4 is 20.5 Å². The van der Waals surface area contributed by atoms with Crippen molar-refractivity contribution in [2.24, 2.45) is 0 Å². The Morgan fingerprint density at radius 3 is 2.62 bits per heavy atom. The van der Waals surface area contributed by atoms with E-state index in [0.717, 1.165) is 23.2 Å². The Balaban J connectivity index is 1.67. The molecule has 0 spiro atoms. The van der Waals surface area contributed by atoms with Crippen molar-refractivity contribution in [2.45, 2.75) is 19.8 Å². The monoisotopic (exact) mass is 395 g/mol. The number of methoxy groups -OCH3 is 2. The van der Waals surface area contributed by atoms with Crippen LogP contribution in [0.2, 0.25) is 0 Å². The van der Waals surface area contributed by atoms with Gasteiger partial charge in [0.05, 0.1) is 19.9 Å². The van der Waals surface area contributed by atoms with Crippen molar-refractivity contribution in [2.75, 3.05) is 26.5 Å². The fourth-order valence-corrected chi connectivity index (χ4v) is 3.09. The molecule has 0 saturated heterocycles. The Morgan fingerprint density at radius 1 is 1.14 bits per heavy atom. The Labute approximate surface area is 169 Å². The van der Waals surface area contributed by atoms with Crippen molar-refractivity contribution in [1.29, 1.82) is 0 Å². The summed E-state index contributed by atoms with van der Waals surface area (Å²) in [5.41, 5.74) is 9.18. The zero-order valence-electron chi connectivity index (χ0n) is 16.8. The van der Waals surface area contributed by atoms with Crippen molar-refractivity contribution >= 4 is 11.7 Å². The molecule has 3 rings (SSSR count). The molecule has 0 bridgehead atoms. The molecule has 0 saturated carbocycles. The van der Waals surface area contributed by atoms with Crippen molar-refractivity contribution in [3.63, 3.8) is 0 Å². The van der Waals surface area contributed by atoms with Crippen molar-refractivity contribution in [1.82, 2.24) is 20.3 Å². The van der Waals surface area contributed by atoms with Crippen LogP contribution in [0.1, 0.15) is 28.5 Å². The molecular formula is C21H25N5O3. The fraction of sp³-hybridized carbons (Fsp3) is 0.286. The van der Waals surface area contributed by atoms with Gasteiger partial charge in [0, 0.05) is 6.54 Å². The minimum Gasteiger partial charge on any atom is -0.493 e. The average Bonchev–Trinajstić information content (AvgIpc) is 3.14. The molecule has 0 fully saturated rings. The van der Waals surface area contributed by atoms with Gasteiger partial charge in [-0.3, -0.25) is 4.79 Å². The summed E-state index contributed by atoms with van der Waals surface area (Å²) in [6, 6.07) is 13.4. The minimum atomic E-state index is -0.358. The quantitative estimate of drug-likeness (QED) is 0.607. The van der Waals surface area contributed by atoms with E-state index >= 15 is 0 Å². The predicted molar refractivity (Wildman–Crippen MR) is 111 cm³/mol. The molecule has 1 amide bonds. The number of hydrogen-bond acceptors (Lipinski definition) is 6. The predicted octanol–water partition coefficient (Wildman–Crippen LogP) is 2.40. The number of nitrogens with two attached hydrogens (primary N) is 1. The molecule has 0 unspecified atom stereocenters. The summed E-state index contributed by atoms with van der Waals surface area (Å²) in [4.78, 5) is 12.5. The highest BCUT2D eigenvalue weighted by molar-refractivity contribution is 5.96. The Morgan fingerprint density at radius 2 is 1.90 bits per heavy atom. The molecule has 8 heteroatoms. The normalized spacial score (nSPS) is 10.6. The van der Waals surface area contributed by atoms with E-state index < -0.39 is 0 Å². The largest absolute Gasteiger partial charge is 0.493 e. The van der Waals surface area contributed by atoms with E-state index in [1.54, 1.807) is 14.2 Å². The van der Waals surface area contributed by atoms with E-state index in [1.165, 1.54) is 4.68 Å². The number of ether oxygens (including phenoxy) is 2. The zero-order valence-corrected chi connectivity index (χ0v) is 16.8. The third-order valence-electron chi connectivity index (χ3n) is 4.67. The molecule has 152 valence electrons. The highest BCUT2D eigenvalue weighted by Gasteiger charge is 2.19. The van der Waals surface area contributed by atoms with Crippen LogP contribution in [-0.4, -0.2) is 41.7 Å². The number of aromatic nitrogens is 3. The van der Waals surface area contributed by atoms with E-state index in [9.17, 15) is 4.79 Å². The number of benzene rings is 2. The molecule has 0 atom stereocenters. The van der Waals surface area contributed by atoms with Crippen LogP contribution >= 0.6 is 0 Å². The first-order chi connectivity index (χ1) is 14.1. The third-order valence-corrected chi connectivity index (χ3v) is 4.67. The van der Waals surface area contributed by atoms with Crippen LogP contribution in [0.4, 0.5) is 5.82 Å². The number of anilines is 1. The van der Waals surface area contributed by atoms with Gasteiger partial charge in [-0.15, -0.1) is 5.10 Å². The van der Waals surface area contributed by atoms with Crippen LogP contribution in [-0.2, 0) is 12.8 Å². The summed E-state index contributed by atoms with van der Waals surface area (Å²) in [5, 5.41) is 10.9. The van der Waals surface area contributed by atoms with Gasteiger partial charge in [-0.1, -0.05) is 36.4 Å². The van der Waals surface area contributed by atoms with Gasteiger partial charge in [0.25, 0.3) is 5.91 Å². The highest BCUT2D eigenvalue weighted by Crippen LogP contribution is 2.27. The van der Waals surface area contributed by atoms with Gasteiger partial charge in [-0.25, -0.2) is 0 Å². The number of aryl methyl sites for hydroxylation is 1. The summed E-state index contributed by atoms with van der Waals surface area (Å²) >= 11 is 0. The first-order valence-corrected chi connectivity index (χ1v) is 9.37. The van der Waals surface area contributed by atoms with Crippen LogP contribution in [0, 0.1) is 0 Å². The molecule has 0 radical (unpaired) electrons. The number of para-hydroxylation sites is 1. The van der Waals surface area contributed by atoms with E-state index in [4.69, 9.17) is 15.2 Å². The van der Waals surface area contributed by atoms with E-state index in [-0.39, 0.29) is 17.4 Å². The van der Waals surface area contributed by atoms with Gasteiger partial charge >= 0.3 is 0 Å². The van der Waals surface area contributed by atoms with Crippen LogP contribution in [0.25, 0.3) is 5.69 Å². The Hall–Kier alpha value is -3.55. The summed E-state index contributed by atoms with van der Waals surface area (Å²) in [5.74, 6) is 1.17. The maximum Gasteiger partial charge on any atom is 0.275 e. The number of nitrogens with zero attached hydrogens (tertiary/aromatic N) is 3. The number of nitrogens with one attached hydrogen (secondary N) is 1. The smallest absolute Gasteiger partial charge is 0.275 e. The summed E-state index contributed by atoms with van der Waals surface area (Å²) < 4.78 is 12.0. The molecule has 3 N–H and O–H groups in total. The van der Waals surface area contributed by atoms with Crippen molar-refractivity contribution in [3.05, 3.63) is 59.3 Å². The van der Waals surface area contributed by atoms with Crippen LogP contribution in [0.3, 0.4) is 0 Å². The summed E-state index contributed by atoms with van der Waals surface area (Å²) in [6.07, 6.45) is 1.45. The molecule has 1 aromatic heterocycles. The number of carbonyl (C=O) groups excluding carboxylic acids is 1. The van der Waals surface area contributed by atoms with Gasteiger partial charge in [-0.2, -0.15) is 4.68 Å². The molecule has 1 heterocycles. The lowest BCUT2D eigenvalue weighted by Gasteiger charge is -2.10. The molecular weight excluding hydrogens is 370 g/mol. The Kier molecular flexibility index (Phi) is 6.33. The second kappa shape index (κ2) is 9.09. The molecule has 0 aliphatic rings. The van der Waals surface area contributed by atoms with Crippen LogP contribution in [0.5, 0.6) is 11.5 Å². The average molecular weight is 395 g/mol. The van der Waals surface area contributed by atoms with Gasteiger partial charge in [0.2, 0.25) is 0 Å². The molecule has 0 aliphatic heterocycles. The number of hydrogen-bond donors (Lipinski definition) is 2. The maximum absolute atomic E-state index is 12.5. The number of nitrogen functional groups attached to an aromatic ring is 1. The number of rotatable bonds is 8. The van der Waals surface area contributed by atoms with Gasteiger partial charge < -0.3 is 20.5 Å². The molecule has 3 aromatic rings.